The summed E-state index contributed by atoms with van der Waals surface area (Å²) in [4.78, 5) is 9.50. The monoisotopic (exact) mass is 312 g/mol. The van der Waals surface area contributed by atoms with Crippen LogP contribution < -0.4 is 0 Å². The van der Waals surface area contributed by atoms with Gasteiger partial charge in [-0.3, -0.25) is 4.21 Å². The number of aryl methyl sites for hydroxylation is 1. The van der Waals surface area contributed by atoms with E-state index >= 15 is 0 Å². The molecular weight excluding hydrogens is 292 g/mol. The van der Waals surface area contributed by atoms with Gasteiger partial charge in [-0.1, -0.05) is 20.8 Å². The molecular formula is C14H20N2O2S2. The highest BCUT2D eigenvalue weighted by Gasteiger charge is 2.24. The van der Waals surface area contributed by atoms with Gasteiger partial charge in [0.1, 0.15) is 11.0 Å². The lowest BCUT2D eigenvalue weighted by atomic mass is 9.94. The van der Waals surface area contributed by atoms with Crippen LogP contribution in [0, 0.1) is 6.92 Å². The molecule has 0 fully saturated rings. The first kappa shape index (κ1) is 15.4. The van der Waals surface area contributed by atoms with E-state index in [1.54, 1.807) is 23.7 Å². The van der Waals surface area contributed by atoms with Gasteiger partial charge in [-0.25, -0.2) is 9.97 Å². The van der Waals surface area contributed by atoms with Crippen molar-refractivity contribution < 1.29 is 8.63 Å². The zero-order valence-corrected chi connectivity index (χ0v) is 14.1. The molecule has 2 aromatic rings. The van der Waals surface area contributed by atoms with E-state index < -0.39 is 10.8 Å². The van der Waals surface area contributed by atoms with Gasteiger partial charge in [0.25, 0.3) is 0 Å². The van der Waals surface area contributed by atoms with E-state index in [-0.39, 0.29) is 10.7 Å². The van der Waals surface area contributed by atoms with Crippen molar-refractivity contribution >= 4 is 22.1 Å². The first-order chi connectivity index (χ1) is 9.27. The molecule has 0 aliphatic heterocycles. The van der Waals surface area contributed by atoms with Crippen LogP contribution in [0.1, 0.15) is 54.5 Å². The molecule has 0 saturated heterocycles. The van der Waals surface area contributed by atoms with Crippen LogP contribution in [0.2, 0.25) is 0 Å². The second kappa shape index (κ2) is 5.77. The summed E-state index contributed by atoms with van der Waals surface area (Å²) in [5, 5.41) is 0.782. The molecule has 0 aromatic carbocycles. The molecule has 0 aliphatic carbocycles. The van der Waals surface area contributed by atoms with Crippen LogP contribution in [0.15, 0.2) is 16.8 Å². The highest BCUT2D eigenvalue weighted by molar-refractivity contribution is 7.84. The summed E-state index contributed by atoms with van der Waals surface area (Å²) in [5.74, 6) is 1.87. The molecule has 0 spiro atoms. The van der Waals surface area contributed by atoms with Gasteiger partial charge in [-0.15, -0.1) is 11.3 Å². The van der Waals surface area contributed by atoms with Crippen molar-refractivity contribution in [1.82, 2.24) is 9.97 Å². The Balaban J connectivity index is 2.08. The number of nitrogens with zero attached hydrogens (tertiary/aromatic N) is 2. The van der Waals surface area contributed by atoms with Gasteiger partial charge in [0.15, 0.2) is 0 Å². The lowest BCUT2D eigenvalue weighted by Gasteiger charge is -2.13. The van der Waals surface area contributed by atoms with E-state index in [1.807, 2.05) is 13.8 Å². The first-order valence-corrected chi connectivity index (χ1v) is 8.72. The maximum atomic E-state index is 12.4. The molecule has 0 aliphatic rings. The lowest BCUT2D eigenvalue weighted by Crippen LogP contribution is -2.09. The normalized spacial score (nSPS) is 15.2. The summed E-state index contributed by atoms with van der Waals surface area (Å²) < 4.78 is 18.1. The van der Waals surface area contributed by atoms with Crippen LogP contribution in [0.4, 0.5) is 0 Å². The second-order valence-corrected chi connectivity index (χ2v) is 8.90. The highest BCUT2D eigenvalue weighted by Crippen LogP contribution is 2.28. The van der Waals surface area contributed by atoms with E-state index in [9.17, 15) is 4.21 Å². The molecule has 0 saturated carbocycles. The molecule has 0 bridgehead atoms. The van der Waals surface area contributed by atoms with E-state index in [0.717, 1.165) is 15.6 Å². The molecule has 0 unspecified atom stereocenters. The summed E-state index contributed by atoms with van der Waals surface area (Å²) in [6.07, 6.45) is 3.53. The Morgan fingerprint density at radius 2 is 2.05 bits per heavy atom. The fraction of sp³-hybridized carbons (Fsp3) is 0.571. The Morgan fingerprint density at radius 3 is 2.55 bits per heavy atom. The third-order valence-electron chi connectivity index (χ3n) is 2.96. The fourth-order valence-electron chi connectivity index (χ4n) is 1.67. The van der Waals surface area contributed by atoms with Crippen molar-refractivity contribution in [1.29, 1.82) is 0 Å². The predicted octanol–water partition coefficient (Wildman–Crippen LogP) is 3.75. The molecule has 0 amide bonds. The van der Waals surface area contributed by atoms with Crippen molar-refractivity contribution in [3.63, 3.8) is 0 Å². The summed E-state index contributed by atoms with van der Waals surface area (Å²) in [5.41, 5.74) is -0.0821. The minimum atomic E-state index is -1.05. The zero-order valence-electron chi connectivity index (χ0n) is 12.5. The molecule has 0 radical (unpaired) electrons. The number of hydrogen-bond donors (Lipinski definition) is 0. The summed E-state index contributed by atoms with van der Waals surface area (Å²) in [6.45, 7) is 10.0. The quantitative estimate of drug-likeness (QED) is 0.863. The van der Waals surface area contributed by atoms with Crippen LogP contribution >= 0.6 is 11.3 Å². The molecule has 4 nitrogen and oxygen atoms in total. The topological polar surface area (TPSA) is 56.0 Å². The summed E-state index contributed by atoms with van der Waals surface area (Å²) >= 11 is 1.58. The number of rotatable bonds is 4. The summed E-state index contributed by atoms with van der Waals surface area (Å²) in [7, 11) is -1.05. The SMILES string of the molecule is Cc1ncc(C[S@@](=O)[C@@H](C)c2ncc(C(C)(C)C)o2)s1. The van der Waals surface area contributed by atoms with Crippen LogP contribution in [0.5, 0.6) is 0 Å². The Kier molecular flexibility index (Phi) is 4.44. The Bertz CT molecular complexity index is 611. The number of thiazole rings is 1. The Labute approximate surface area is 126 Å². The molecule has 110 valence electrons. The van der Waals surface area contributed by atoms with Gasteiger partial charge in [-0.2, -0.15) is 0 Å². The van der Waals surface area contributed by atoms with Gasteiger partial charge in [0.2, 0.25) is 5.89 Å². The number of oxazole rings is 1. The van der Waals surface area contributed by atoms with Crippen molar-refractivity contribution in [3.8, 4) is 0 Å². The molecule has 2 rings (SSSR count). The van der Waals surface area contributed by atoms with Gasteiger partial charge in [0.05, 0.1) is 17.0 Å². The minimum absolute atomic E-state index is 0.0821. The Hall–Kier alpha value is -1.01. The van der Waals surface area contributed by atoms with Crippen molar-refractivity contribution in [2.45, 2.75) is 51.0 Å². The van der Waals surface area contributed by atoms with E-state index in [4.69, 9.17) is 4.42 Å². The zero-order chi connectivity index (χ0) is 14.9. The predicted molar refractivity (Wildman–Crippen MR) is 82.3 cm³/mol. The van der Waals surface area contributed by atoms with E-state index in [2.05, 4.69) is 30.7 Å². The molecule has 6 heteroatoms. The maximum Gasteiger partial charge on any atom is 0.209 e. The van der Waals surface area contributed by atoms with Gasteiger partial charge >= 0.3 is 0 Å². The second-order valence-electron chi connectivity index (χ2n) is 5.83. The van der Waals surface area contributed by atoms with Crippen molar-refractivity contribution in [2.75, 3.05) is 0 Å². The lowest BCUT2D eigenvalue weighted by molar-refractivity contribution is 0.382. The highest BCUT2D eigenvalue weighted by atomic mass is 32.2. The third kappa shape index (κ3) is 3.55. The molecule has 2 heterocycles. The Morgan fingerprint density at radius 1 is 1.35 bits per heavy atom. The molecule has 0 N–H and O–H groups in total. The molecule has 2 aromatic heterocycles. The maximum absolute atomic E-state index is 12.4. The van der Waals surface area contributed by atoms with Crippen molar-refractivity contribution in [2.24, 2.45) is 0 Å². The largest absolute Gasteiger partial charge is 0.444 e. The number of hydrogen-bond acceptors (Lipinski definition) is 5. The van der Waals surface area contributed by atoms with Crippen LogP contribution in [-0.4, -0.2) is 14.2 Å². The van der Waals surface area contributed by atoms with E-state index in [0.29, 0.717) is 11.6 Å². The fourth-order valence-corrected chi connectivity index (χ4v) is 3.79. The van der Waals surface area contributed by atoms with E-state index in [1.165, 1.54) is 0 Å². The molecule has 2 atom stereocenters. The van der Waals surface area contributed by atoms with Crippen molar-refractivity contribution in [3.05, 3.63) is 33.9 Å². The van der Waals surface area contributed by atoms with Gasteiger partial charge in [-0.05, 0) is 13.8 Å². The molecule has 20 heavy (non-hydrogen) atoms. The smallest absolute Gasteiger partial charge is 0.209 e. The first-order valence-electron chi connectivity index (χ1n) is 6.52. The minimum Gasteiger partial charge on any atom is -0.444 e. The van der Waals surface area contributed by atoms with Crippen LogP contribution in [0.25, 0.3) is 0 Å². The van der Waals surface area contributed by atoms with Crippen LogP contribution in [-0.2, 0) is 22.0 Å². The van der Waals surface area contributed by atoms with Gasteiger partial charge < -0.3 is 4.42 Å². The van der Waals surface area contributed by atoms with Gasteiger partial charge in [0, 0.05) is 27.3 Å². The summed E-state index contributed by atoms with van der Waals surface area (Å²) in [6, 6.07) is 0. The average molecular weight is 312 g/mol. The average Bonchev–Trinajstić information content (AvgIpc) is 2.96. The van der Waals surface area contributed by atoms with Crippen LogP contribution in [0.3, 0.4) is 0 Å². The third-order valence-corrected chi connectivity index (χ3v) is 5.64. The standard InChI is InChI=1S/C14H20N2O2S2/c1-9(13-16-7-12(18-13)14(3,4)5)20(17)8-11-6-15-10(2)19-11/h6-7,9H,8H2,1-5H3/t9-,20+/m0/s1. The number of aromatic nitrogens is 2.